The van der Waals surface area contributed by atoms with E-state index in [4.69, 9.17) is 11.6 Å². The Morgan fingerprint density at radius 2 is 1.80 bits per heavy atom. The topological polar surface area (TPSA) is 34.1 Å². The van der Waals surface area contributed by atoms with Crippen molar-refractivity contribution < 1.29 is 8.42 Å². The van der Waals surface area contributed by atoms with Crippen molar-refractivity contribution in [3.63, 3.8) is 0 Å². The Morgan fingerprint density at radius 1 is 1.05 bits per heavy atom. The molecule has 2 nitrogen and oxygen atoms in total. The van der Waals surface area contributed by atoms with Crippen LogP contribution in [0.1, 0.15) is 30.2 Å². The molecule has 4 heteroatoms. The Morgan fingerprint density at radius 3 is 2.60 bits per heavy atom. The fourth-order valence-corrected chi connectivity index (χ4v) is 5.73. The third-order valence-electron chi connectivity index (χ3n) is 4.08. The SMILES string of the molecule is O=S1(=O)CCCCC1C(Cl)c1cccc2ccccc12. The molecule has 3 rings (SSSR count). The molecule has 1 saturated heterocycles. The molecule has 1 aliphatic rings. The summed E-state index contributed by atoms with van der Waals surface area (Å²) in [4.78, 5) is 0. The summed E-state index contributed by atoms with van der Waals surface area (Å²) in [5.74, 6) is 0.269. The molecule has 2 aromatic rings. The maximum Gasteiger partial charge on any atom is 0.154 e. The summed E-state index contributed by atoms with van der Waals surface area (Å²) in [6.07, 6.45) is 2.37. The van der Waals surface area contributed by atoms with Gasteiger partial charge in [0.15, 0.2) is 9.84 Å². The smallest absolute Gasteiger partial charge is 0.154 e. The fraction of sp³-hybridized carbons (Fsp3) is 0.375. The normalized spacial score (nSPS) is 23.6. The van der Waals surface area contributed by atoms with Gasteiger partial charge < -0.3 is 0 Å². The first kappa shape index (κ1) is 13.9. The van der Waals surface area contributed by atoms with E-state index in [0.717, 1.165) is 29.2 Å². The Bertz CT molecular complexity index is 719. The van der Waals surface area contributed by atoms with Gasteiger partial charge in [-0.3, -0.25) is 0 Å². The molecule has 0 bridgehead atoms. The van der Waals surface area contributed by atoms with Crippen molar-refractivity contribution >= 4 is 32.2 Å². The molecule has 0 radical (unpaired) electrons. The molecule has 0 amide bonds. The largest absolute Gasteiger partial charge is 0.228 e. The van der Waals surface area contributed by atoms with Crippen LogP contribution in [0, 0.1) is 0 Å². The van der Waals surface area contributed by atoms with Crippen molar-refractivity contribution in [3.05, 3.63) is 48.0 Å². The minimum Gasteiger partial charge on any atom is -0.228 e. The van der Waals surface area contributed by atoms with Crippen LogP contribution in [0.4, 0.5) is 0 Å². The van der Waals surface area contributed by atoms with Crippen LogP contribution in [0.5, 0.6) is 0 Å². The lowest BCUT2D eigenvalue weighted by atomic mass is 9.98. The zero-order chi connectivity index (χ0) is 14.2. The molecule has 0 N–H and O–H groups in total. The number of hydrogen-bond donors (Lipinski definition) is 0. The van der Waals surface area contributed by atoms with E-state index in [1.54, 1.807) is 0 Å². The van der Waals surface area contributed by atoms with Crippen molar-refractivity contribution in [1.82, 2.24) is 0 Å². The van der Waals surface area contributed by atoms with Gasteiger partial charge in [0.25, 0.3) is 0 Å². The van der Waals surface area contributed by atoms with Gasteiger partial charge in [-0.05, 0) is 29.2 Å². The highest BCUT2D eigenvalue weighted by Gasteiger charge is 2.35. The second-order valence-corrected chi connectivity index (χ2v) is 8.18. The van der Waals surface area contributed by atoms with Crippen LogP contribution in [-0.2, 0) is 9.84 Å². The molecule has 20 heavy (non-hydrogen) atoms. The van der Waals surface area contributed by atoms with Crippen LogP contribution in [0.2, 0.25) is 0 Å². The first-order chi connectivity index (χ1) is 9.59. The van der Waals surface area contributed by atoms with Gasteiger partial charge in [-0.2, -0.15) is 0 Å². The first-order valence-corrected chi connectivity index (χ1v) is 9.08. The van der Waals surface area contributed by atoms with Gasteiger partial charge >= 0.3 is 0 Å². The highest BCUT2D eigenvalue weighted by atomic mass is 35.5. The zero-order valence-electron chi connectivity index (χ0n) is 11.1. The fourth-order valence-electron chi connectivity index (χ4n) is 3.00. The van der Waals surface area contributed by atoms with Crippen LogP contribution in [0.15, 0.2) is 42.5 Å². The predicted molar refractivity (Wildman–Crippen MR) is 84.0 cm³/mol. The van der Waals surface area contributed by atoms with E-state index in [0.29, 0.717) is 6.42 Å². The predicted octanol–water partition coefficient (Wildman–Crippen LogP) is 4.09. The van der Waals surface area contributed by atoms with Gasteiger partial charge in [0, 0.05) is 0 Å². The molecule has 106 valence electrons. The van der Waals surface area contributed by atoms with E-state index in [1.807, 2.05) is 42.5 Å². The van der Waals surface area contributed by atoms with Gasteiger partial charge in [-0.25, -0.2) is 8.42 Å². The average molecular weight is 309 g/mol. The van der Waals surface area contributed by atoms with Crippen molar-refractivity contribution in [2.24, 2.45) is 0 Å². The third-order valence-corrected chi connectivity index (χ3v) is 7.05. The number of benzene rings is 2. The molecule has 1 heterocycles. The van der Waals surface area contributed by atoms with Crippen molar-refractivity contribution in [1.29, 1.82) is 0 Å². The van der Waals surface area contributed by atoms with E-state index in [-0.39, 0.29) is 5.75 Å². The molecular weight excluding hydrogens is 292 g/mol. The number of sulfone groups is 1. The van der Waals surface area contributed by atoms with E-state index in [1.165, 1.54) is 0 Å². The molecule has 0 spiro atoms. The van der Waals surface area contributed by atoms with Crippen LogP contribution < -0.4 is 0 Å². The average Bonchev–Trinajstić information content (AvgIpc) is 2.45. The highest BCUT2D eigenvalue weighted by molar-refractivity contribution is 7.92. The minimum absolute atomic E-state index is 0.269. The summed E-state index contributed by atoms with van der Waals surface area (Å²) in [7, 11) is -3.07. The Kier molecular flexibility index (Phi) is 3.74. The van der Waals surface area contributed by atoms with Gasteiger partial charge in [0.05, 0.1) is 16.4 Å². The third kappa shape index (κ3) is 2.45. The lowest BCUT2D eigenvalue weighted by Crippen LogP contribution is -2.31. The molecule has 2 atom stereocenters. The summed E-state index contributed by atoms with van der Waals surface area (Å²) in [5.41, 5.74) is 0.931. The molecule has 0 saturated carbocycles. The maximum absolute atomic E-state index is 12.2. The molecule has 2 unspecified atom stereocenters. The summed E-state index contributed by atoms with van der Waals surface area (Å²) >= 11 is 6.57. The van der Waals surface area contributed by atoms with Gasteiger partial charge in [-0.1, -0.05) is 48.9 Å². The van der Waals surface area contributed by atoms with Gasteiger partial charge in [0.2, 0.25) is 0 Å². The molecule has 0 aliphatic carbocycles. The summed E-state index contributed by atoms with van der Waals surface area (Å²) in [6.45, 7) is 0. The van der Waals surface area contributed by atoms with Gasteiger partial charge in [0.1, 0.15) is 0 Å². The molecule has 1 fully saturated rings. The highest BCUT2D eigenvalue weighted by Crippen LogP contribution is 2.38. The Labute approximate surface area is 124 Å². The summed E-state index contributed by atoms with van der Waals surface area (Å²) in [6, 6.07) is 13.9. The van der Waals surface area contributed by atoms with Crippen LogP contribution in [-0.4, -0.2) is 19.4 Å². The first-order valence-electron chi connectivity index (χ1n) is 6.93. The lowest BCUT2D eigenvalue weighted by molar-refractivity contribution is 0.534. The lowest BCUT2D eigenvalue weighted by Gasteiger charge is -2.27. The molecule has 1 aliphatic heterocycles. The van der Waals surface area contributed by atoms with E-state index in [9.17, 15) is 8.42 Å². The van der Waals surface area contributed by atoms with Crippen molar-refractivity contribution in [2.45, 2.75) is 29.9 Å². The molecular formula is C16H17ClO2S. The second kappa shape index (κ2) is 5.38. The number of rotatable bonds is 2. The van der Waals surface area contributed by atoms with E-state index in [2.05, 4.69) is 0 Å². The maximum atomic E-state index is 12.2. The van der Waals surface area contributed by atoms with Crippen LogP contribution >= 0.6 is 11.6 Å². The van der Waals surface area contributed by atoms with Crippen molar-refractivity contribution in [2.75, 3.05) is 5.75 Å². The molecule has 2 aromatic carbocycles. The monoisotopic (exact) mass is 308 g/mol. The molecule has 0 aromatic heterocycles. The van der Waals surface area contributed by atoms with E-state index >= 15 is 0 Å². The van der Waals surface area contributed by atoms with Crippen LogP contribution in [0.3, 0.4) is 0 Å². The van der Waals surface area contributed by atoms with Gasteiger partial charge in [-0.15, -0.1) is 11.6 Å². The standard InChI is InChI=1S/C16H17ClO2S/c17-16(15-10-3-4-11-20(15,18)19)14-9-5-7-12-6-1-2-8-13(12)14/h1-2,5-9,15-16H,3-4,10-11H2. The van der Waals surface area contributed by atoms with E-state index < -0.39 is 20.5 Å². The second-order valence-electron chi connectivity index (χ2n) is 5.37. The Balaban J connectivity index is 2.06. The summed E-state index contributed by atoms with van der Waals surface area (Å²) < 4.78 is 24.5. The Hall–Kier alpha value is -1.06. The minimum atomic E-state index is -3.07. The number of halogens is 1. The van der Waals surface area contributed by atoms with Crippen molar-refractivity contribution in [3.8, 4) is 0 Å². The van der Waals surface area contributed by atoms with Crippen LogP contribution in [0.25, 0.3) is 10.8 Å². The summed E-state index contributed by atoms with van der Waals surface area (Å²) in [5, 5.41) is 1.23. The quantitative estimate of drug-likeness (QED) is 0.783. The zero-order valence-corrected chi connectivity index (χ0v) is 12.7. The number of alkyl halides is 1. The number of hydrogen-bond acceptors (Lipinski definition) is 2. The number of fused-ring (bicyclic) bond motifs is 1.